The molecule has 0 saturated carbocycles. The molecule has 724 valence electrons. The van der Waals surface area contributed by atoms with Crippen molar-refractivity contribution in [2.75, 3.05) is 69.2 Å². The predicted molar refractivity (Wildman–Crippen MR) is 587 cm³/mol. The molecular weight excluding hydrogens is 1770 g/mol. The van der Waals surface area contributed by atoms with Gasteiger partial charge in [0.25, 0.3) is 0 Å². The van der Waals surface area contributed by atoms with Gasteiger partial charge in [0.05, 0.1) is 91.1 Å². The van der Waals surface area contributed by atoms with Gasteiger partial charge >= 0.3 is 0 Å². The van der Waals surface area contributed by atoms with Crippen LogP contribution in [0.5, 0.6) is 57.5 Å². The van der Waals surface area contributed by atoms with E-state index >= 15 is 0 Å². The van der Waals surface area contributed by atoms with E-state index in [1.54, 1.807) is 42.7 Å². The first-order chi connectivity index (χ1) is 68.8. The second kappa shape index (κ2) is 38.7. The molecule has 0 radical (unpaired) electrons. The predicted octanol–water partition coefficient (Wildman–Crippen LogP) is 31.3. The van der Waals surface area contributed by atoms with Crippen molar-refractivity contribution < 1.29 is 52.1 Å². The van der Waals surface area contributed by atoms with E-state index in [1.165, 1.54) is 61.2 Å². The number of hydrogen-bond donors (Lipinski definition) is 5. The minimum absolute atomic E-state index is 0.0693. The van der Waals surface area contributed by atoms with Crippen LogP contribution in [0.1, 0.15) is 207 Å². The summed E-state index contributed by atoms with van der Waals surface area (Å²) < 4.78 is 66.0. The van der Waals surface area contributed by atoms with Crippen molar-refractivity contribution in [1.29, 1.82) is 0 Å². The largest absolute Gasteiger partial charge is 0.496 e. The number of ether oxygens (including phenoxy) is 11. The molecule has 0 amide bonds. The highest BCUT2D eigenvalue weighted by molar-refractivity contribution is 5.98. The Kier molecular flexibility index (Phi) is 26.0. The molecule has 16 heteroatoms. The van der Waals surface area contributed by atoms with Crippen molar-refractivity contribution in [3.05, 3.63) is 370 Å². The van der Waals surface area contributed by atoms with Gasteiger partial charge in [-0.3, -0.25) is 0 Å². The molecule has 5 atom stereocenters. The number of fused-ring (bicyclic) bond motifs is 25. The van der Waals surface area contributed by atoms with Gasteiger partial charge in [-0.2, -0.15) is 0 Å². The van der Waals surface area contributed by atoms with Crippen LogP contribution >= 0.6 is 0 Å². The standard InChI is InChI=1S/2C28H27NO2.C28H25NO2.C22H23NO2.C21H23NO3/c3*1-18-17-28(2,3)29-21-15-14-20-26-22(30-4)11-8-12-23(26)31-24(27(20)25(18)21)16-13-19-9-6-5-7-10-19;1-6-16-21-14(20-17(24-5)8-7-9-18(20)25-16)10-11-15-19(21)13(2)12-22(3,4)23-15;1-12-11-21(2,3)22-14-10-9-13-18-15(23-4)7-6-8-16(18)25-20(24-5)19(13)17(12)14/h2*5-17,24,29H,1-4H3;5-12,14-15,17,24,29H,1-4H3;6-12,16,23H,1H2,2-5H3;6-11,20,22H,1-5H3/b16-13+;16-13-;;;. The van der Waals surface area contributed by atoms with Crippen LogP contribution in [-0.2, 0) is 4.74 Å². The van der Waals surface area contributed by atoms with Gasteiger partial charge in [-0.1, -0.05) is 195 Å². The molecule has 10 aliphatic heterocycles. The number of nitrogens with one attached hydrogen (secondary N) is 5. The van der Waals surface area contributed by atoms with Gasteiger partial charge in [0.15, 0.2) is 6.10 Å². The van der Waals surface area contributed by atoms with Crippen molar-refractivity contribution in [3.63, 3.8) is 0 Å². The molecular formula is C127H125N5O11. The zero-order chi connectivity index (χ0) is 100. The van der Waals surface area contributed by atoms with Crippen molar-refractivity contribution in [2.24, 2.45) is 0 Å². The molecule has 5 N–H and O–H groups in total. The topological polar surface area (TPSA) is 162 Å². The average Bonchev–Trinajstić information content (AvgIpc) is 0.747. The van der Waals surface area contributed by atoms with Gasteiger partial charge in [-0.25, -0.2) is 0 Å². The third-order valence-corrected chi connectivity index (χ3v) is 27.4. The van der Waals surface area contributed by atoms with E-state index in [2.05, 4.69) is 313 Å². The van der Waals surface area contributed by atoms with Gasteiger partial charge < -0.3 is 78.7 Å². The fourth-order valence-electron chi connectivity index (χ4n) is 22.3. The molecule has 0 spiro atoms. The molecule has 23 rings (SSSR count). The van der Waals surface area contributed by atoms with Gasteiger partial charge in [0.1, 0.15) is 75.8 Å². The smallest absolute Gasteiger partial charge is 0.227 e. The first kappa shape index (κ1) is 96.2. The van der Waals surface area contributed by atoms with Gasteiger partial charge in [-0.05, 0) is 298 Å². The highest BCUT2D eigenvalue weighted by Gasteiger charge is 2.42. The quantitative estimate of drug-likeness (QED) is 0.0614. The molecule has 13 aromatic carbocycles. The number of benzene rings is 13. The summed E-state index contributed by atoms with van der Waals surface area (Å²) in [7, 11) is 10.2. The summed E-state index contributed by atoms with van der Waals surface area (Å²) in [5.74, 6) is 14.9. The van der Waals surface area contributed by atoms with Gasteiger partial charge in [-0.15, -0.1) is 0 Å². The number of hydrogen-bond acceptors (Lipinski definition) is 16. The fraction of sp³-hybridized carbons (Fsp3) is 0.244. The lowest BCUT2D eigenvalue weighted by molar-refractivity contribution is -0.0580. The van der Waals surface area contributed by atoms with E-state index in [0.717, 1.165) is 181 Å². The summed E-state index contributed by atoms with van der Waals surface area (Å²) >= 11 is 0. The molecule has 10 heterocycles. The average molecular weight is 1900 g/mol. The summed E-state index contributed by atoms with van der Waals surface area (Å²) in [6.07, 6.45) is 20.4. The summed E-state index contributed by atoms with van der Waals surface area (Å²) in [5, 5.41) is 18.2. The van der Waals surface area contributed by atoms with Gasteiger partial charge in [0.2, 0.25) is 6.29 Å². The first-order valence-electron chi connectivity index (χ1n) is 48.9. The van der Waals surface area contributed by atoms with E-state index in [4.69, 9.17) is 52.1 Å². The highest BCUT2D eigenvalue weighted by Crippen LogP contribution is 2.60. The molecule has 5 unspecified atom stereocenters. The molecule has 0 bridgehead atoms. The van der Waals surface area contributed by atoms with Crippen molar-refractivity contribution >= 4 is 68.5 Å². The van der Waals surface area contributed by atoms with Crippen molar-refractivity contribution in [3.8, 4) is 125 Å². The fourth-order valence-corrected chi connectivity index (χ4v) is 22.3. The lowest BCUT2D eigenvalue weighted by atomic mass is 9.81. The Morgan fingerprint density at radius 2 is 0.545 bits per heavy atom. The van der Waals surface area contributed by atoms with E-state index in [0.29, 0.717) is 0 Å². The third-order valence-electron chi connectivity index (χ3n) is 27.4. The van der Waals surface area contributed by atoms with E-state index < -0.39 is 6.29 Å². The third kappa shape index (κ3) is 18.8. The lowest BCUT2D eigenvalue weighted by Gasteiger charge is -2.36. The molecule has 10 aliphatic rings. The number of methoxy groups -OCH3 is 6. The Hall–Kier alpha value is -15.7. The number of anilines is 5. The van der Waals surface area contributed by atoms with Crippen molar-refractivity contribution in [2.45, 2.75) is 162 Å². The van der Waals surface area contributed by atoms with Crippen LogP contribution in [0.15, 0.2) is 298 Å². The summed E-state index contributed by atoms with van der Waals surface area (Å²) in [6, 6.07) is 82.1. The highest BCUT2D eigenvalue weighted by atomic mass is 16.7. The summed E-state index contributed by atoms with van der Waals surface area (Å²) in [4.78, 5) is 0. The Morgan fingerprint density at radius 1 is 0.280 bits per heavy atom. The molecule has 0 aliphatic carbocycles. The second-order valence-electron chi connectivity index (χ2n) is 40.5. The van der Waals surface area contributed by atoms with E-state index in [9.17, 15) is 0 Å². The van der Waals surface area contributed by atoms with E-state index in [-0.39, 0.29) is 52.1 Å². The number of allylic oxidation sites excluding steroid dienone is 5. The normalized spacial score (nSPS) is 18.5. The maximum Gasteiger partial charge on any atom is 0.227 e. The van der Waals surface area contributed by atoms with Crippen LogP contribution in [0.25, 0.3) is 95.7 Å². The second-order valence-corrected chi connectivity index (χ2v) is 40.5. The van der Waals surface area contributed by atoms with Crippen molar-refractivity contribution in [1.82, 2.24) is 0 Å². The van der Waals surface area contributed by atoms with Crippen LogP contribution in [0.2, 0.25) is 0 Å². The Labute approximate surface area is 841 Å². The SMILES string of the molecule is C=CC1Oc2cccc(OC)c2-c2ccc3c(c21)C(C)=CC(C)(C)N3.COc1cccc2c1-c1ccc3c(c1C(/C=C/c1ccccc1)O2)C(C)=CC(C)(C)N3.COc1cccc2c1-c1ccc3c(c1C(/C=C\c1ccccc1)O2)C(C)=CC(C)(C)N3.COc1cccc2c1-c1ccc3c(c1C(C#Cc1ccccc1)O2)C(C)=CC(C)(C)N3.COc1cccc2c1-c1ccc3c(c1C(OC)O2)C(C)=CC(C)(C)N3. The Morgan fingerprint density at radius 3 is 0.853 bits per heavy atom. The maximum absolute atomic E-state index is 6.57. The minimum atomic E-state index is -0.448. The first-order valence-corrected chi connectivity index (χ1v) is 48.9. The Bertz CT molecular complexity index is 7310. The van der Waals surface area contributed by atoms with Crippen LogP contribution in [-0.4, -0.2) is 70.4 Å². The molecule has 0 aromatic heterocycles. The molecule has 0 fully saturated rings. The molecule has 0 saturated heterocycles. The zero-order valence-electron chi connectivity index (χ0n) is 85.5. The summed E-state index contributed by atoms with van der Waals surface area (Å²) in [5.41, 5.74) is 37.0. The van der Waals surface area contributed by atoms with Gasteiger partial charge in [0, 0.05) is 96.7 Å². The monoisotopic (exact) mass is 1900 g/mol. The van der Waals surface area contributed by atoms with Crippen LogP contribution in [0.4, 0.5) is 28.4 Å². The van der Waals surface area contributed by atoms with Crippen LogP contribution < -0.4 is 74.0 Å². The van der Waals surface area contributed by atoms with Crippen LogP contribution in [0.3, 0.4) is 0 Å². The zero-order valence-corrected chi connectivity index (χ0v) is 85.5. The molecule has 16 nitrogen and oxygen atoms in total. The van der Waals surface area contributed by atoms with Crippen LogP contribution in [0, 0.1) is 11.8 Å². The minimum Gasteiger partial charge on any atom is -0.496 e. The maximum atomic E-state index is 6.57. The number of rotatable bonds is 11. The summed E-state index contributed by atoms with van der Waals surface area (Å²) in [6.45, 7) is 36.7. The Balaban J connectivity index is 0.000000114. The lowest BCUT2D eigenvalue weighted by Crippen LogP contribution is -2.32. The molecule has 13 aromatic rings. The molecule has 143 heavy (non-hydrogen) atoms. The van der Waals surface area contributed by atoms with E-state index in [1.807, 2.05) is 140 Å².